The third-order valence-electron chi connectivity index (χ3n) is 2.84. The standard InChI is InChI=1S/C15H15FN2O2S/c1-11(21-14-4-2-3-9-18(14)20)15(19)17-10-12-5-7-13(16)8-6-12/h2-9,11H,10H2,1H3,(H,17,19). The van der Waals surface area contributed by atoms with Crippen LogP contribution in [0.4, 0.5) is 4.39 Å². The molecule has 1 heterocycles. The topological polar surface area (TPSA) is 56.0 Å². The second-order valence-corrected chi connectivity index (χ2v) is 5.83. The zero-order chi connectivity index (χ0) is 15.2. The molecule has 0 aliphatic heterocycles. The number of hydrogen-bond donors (Lipinski definition) is 1. The van der Waals surface area contributed by atoms with E-state index in [0.29, 0.717) is 11.6 Å². The number of thioether (sulfide) groups is 1. The minimum Gasteiger partial charge on any atom is -0.618 e. The van der Waals surface area contributed by atoms with Gasteiger partial charge in [-0.2, -0.15) is 4.73 Å². The van der Waals surface area contributed by atoms with Crippen LogP contribution >= 0.6 is 11.8 Å². The van der Waals surface area contributed by atoms with Gasteiger partial charge in [0.25, 0.3) is 5.03 Å². The highest BCUT2D eigenvalue weighted by molar-refractivity contribution is 8.00. The largest absolute Gasteiger partial charge is 0.618 e. The van der Waals surface area contributed by atoms with Crippen molar-refractivity contribution in [1.29, 1.82) is 0 Å². The van der Waals surface area contributed by atoms with Gasteiger partial charge in [-0.05, 0) is 42.4 Å². The lowest BCUT2D eigenvalue weighted by Gasteiger charge is -2.11. The van der Waals surface area contributed by atoms with Gasteiger partial charge in [0.2, 0.25) is 5.91 Å². The molecular weight excluding hydrogens is 291 g/mol. The molecule has 4 nitrogen and oxygen atoms in total. The summed E-state index contributed by atoms with van der Waals surface area (Å²) in [7, 11) is 0. The van der Waals surface area contributed by atoms with Gasteiger partial charge in [0.05, 0.1) is 5.25 Å². The van der Waals surface area contributed by atoms with Gasteiger partial charge in [-0.25, -0.2) is 4.39 Å². The quantitative estimate of drug-likeness (QED) is 0.524. The SMILES string of the molecule is CC(Sc1cccc[n+]1[O-])C(=O)NCc1ccc(F)cc1. The van der Waals surface area contributed by atoms with Gasteiger partial charge in [0.1, 0.15) is 5.82 Å². The Kier molecular flexibility index (Phi) is 5.16. The Bertz CT molecular complexity index is 619. The van der Waals surface area contributed by atoms with E-state index in [2.05, 4.69) is 5.32 Å². The molecule has 6 heteroatoms. The number of benzene rings is 1. The summed E-state index contributed by atoms with van der Waals surface area (Å²) in [6.07, 6.45) is 1.39. The summed E-state index contributed by atoms with van der Waals surface area (Å²) < 4.78 is 13.5. The lowest BCUT2D eigenvalue weighted by molar-refractivity contribution is -0.645. The van der Waals surface area contributed by atoms with Gasteiger partial charge < -0.3 is 10.5 Å². The molecule has 110 valence electrons. The zero-order valence-electron chi connectivity index (χ0n) is 11.5. The van der Waals surface area contributed by atoms with Gasteiger partial charge in [0, 0.05) is 18.7 Å². The normalized spacial score (nSPS) is 11.9. The number of amides is 1. The van der Waals surface area contributed by atoms with Crippen molar-refractivity contribution in [3.63, 3.8) is 0 Å². The van der Waals surface area contributed by atoms with Crippen LogP contribution in [0.5, 0.6) is 0 Å². The minimum atomic E-state index is -0.395. The van der Waals surface area contributed by atoms with E-state index in [1.807, 2.05) is 0 Å². The first-order valence-corrected chi connectivity index (χ1v) is 7.31. The van der Waals surface area contributed by atoms with Crippen molar-refractivity contribution in [2.45, 2.75) is 23.7 Å². The maximum atomic E-state index is 12.8. The summed E-state index contributed by atoms with van der Waals surface area (Å²) >= 11 is 1.19. The van der Waals surface area contributed by atoms with E-state index in [9.17, 15) is 14.4 Å². The molecule has 1 amide bonds. The van der Waals surface area contributed by atoms with E-state index >= 15 is 0 Å². The first-order chi connectivity index (χ1) is 10.1. The Labute approximate surface area is 126 Å². The molecule has 0 saturated heterocycles. The van der Waals surface area contributed by atoms with Crippen molar-refractivity contribution in [2.75, 3.05) is 0 Å². The summed E-state index contributed by atoms with van der Waals surface area (Å²) in [4.78, 5) is 12.0. The summed E-state index contributed by atoms with van der Waals surface area (Å²) in [5.41, 5.74) is 0.820. The van der Waals surface area contributed by atoms with E-state index in [4.69, 9.17) is 0 Å². The third-order valence-corrected chi connectivity index (χ3v) is 3.96. The van der Waals surface area contributed by atoms with Crippen LogP contribution in [-0.4, -0.2) is 11.2 Å². The average Bonchev–Trinajstić information content (AvgIpc) is 2.48. The summed E-state index contributed by atoms with van der Waals surface area (Å²) in [5, 5.41) is 14.4. The molecule has 0 aliphatic rings. The Morgan fingerprint density at radius 2 is 2.05 bits per heavy atom. The fourth-order valence-corrected chi connectivity index (χ4v) is 2.55. The molecule has 2 rings (SSSR count). The number of carbonyl (C=O) groups is 1. The Balaban J connectivity index is 1.88. The highest BCUT2D eigenvalue weighted by atomic mass is 32.2. The number of aromatic nitrogens is 1. The predicted octanol–water partition coefficient (Wildman–Crippen LogP) is 2.26. The summed E-state index contributed by atoms with van der Waals surface area (Å²) in [5.74, 6) is -0.480. The maximum absolute atomic E-state index is 12.8. The number of nitrogens with zero attached hydrogens (tertiary/aromatic N) is 1. The van der Waals surface area contributed by atoms with Crippen LogP contribution in [0.15, 0.2) is 53.7 Å². The molecule has 2 aromatic rings. The molecule has 0 spiro atoms. The second kappa shape index (κ2) is 7.08. The minimum absolute atomic E-state index is 0.173. The molecule has 0 fully saturated rings. The molecule has 1 aromatic heterocycles. The van der Waals surface area contributed by atoms with Crippen LogP contribution in [-0.2, 0) is 11.3 Å². The van der Waals surface area contributed by atoms with Crippen molar-refractivity contribution in [2.24, 2.45) is 0 Å². The molecule has 0 radical (unpaired) electrons. The molecule has 1 N–H and O–H groups in total. The maximum Gasteiger partial charge on any atom is 0.252 e. The van der Waals surface area contributed by atoms with Crippen molar-refractivity contribution >= 4 is 17.7 Å². The molecule has 0 aliphatic carbocycles. The fraction of sp³-hybridized carbons (Fsp3) is 0.200. The number of hydrogen-bond acceptors (Lipinski definition) is 3. The van der Waals surface area contributed by atoms with Crippen LogP contribution in [0.25, 0.3) is 0 Å². The van der Waals surface area contributed by atoms with Crippen LogP contribution in [0.1, 0.15) is 12.5 Å². The number of halogens is 1. The predicted molar refractivity (Wildman–Crippen MR) is 79.0 cm³/mol. The van der Waals surface area contributed by atoms with E-state index < -0.39 is 5.25 Å². The summed E-state index contributed by atoms with van der Waals surface area (Å²) in [6, 6.07) is 11.0. The van der Waals surface area contributed by atoms with Gasteiger partial charge >= 0.3 is 0 Å². The Morgan fingerprint density at radius 1 is 1.33 bits per heavy atom. The van der Waals surface area contributed by atoms with Crippen LogP contribution in [0.3, 0.4) is 0 Å². The first kappa shape index (κ1) is 15.3. The van der Waals surface area contributed by atoms with Gasteiger partial charge in [-0.15, -0.1) is 0 Å². The van der Waals surface area contributed by atoms with E-state index in [0.717, 1.165) is 10.3 Å². The number of rotatable bonds is 5. The lowest BCUT2D eigenvalue weighted by atomic mass is 10.2. The van der Waals surface area contributed by atoms with Gasteiger partial charge in [-0.1, -0.05) is 12.1 Å². The van der Waals surface area contributed by atoms with Crippen molar-refractivity contribution in [3.05, 3.63) is 65.2 Å². The highest BCUT2D eigenvalue weighted by Crippen LogP contribution is 2.19. The van der Waals surface area contributed by atoms with Crippen LogP contribution in [0, 0.1) is 11.0 Å². The van der Waals surface area contributed by atoms with Gasteiger partial charge in [0.15, 0.2) is 6.20 Å². The lowest BCUT2D eigenvalue weighted by Crippen LogP contribution is -2.33. The summed E-state index contributed by atoms with van der Waals surface area (Å²) in [6.45, 7) is 2.06. The second-order valence-electron chi connectivity index (χ2n) is 4.47. The molecule has 1 unspecified atom stereocenters. The Morgan fingerprint density at radius 3 is 2.71 bits per heavy atom. The molecule has 0 bridgehead atoms. The zero-order valence-corrected chi connectivity index (χ0v) is 12.3. The molecule has 1 atom stereocenters. The van der Waals surface area contributed by atoms with E-state index in [-0.39, 0.29) is 11.7 Å². The third kappa shape index (κ3) is 4.46. The molecule has 1 aromatic carbocycles. The van der Waals surface area contributed by atoms with E-state index in [1.54, 1.807) is 37.3 Å². The molecular formula is C15H15FN2O2S. The van der Waals surface area contributed by atoms with Gasteiger partial charge in [-0.3, -0.25) is 4.79 Å². The molecule has 21 heavy (non-hydrogen) atoms. The Hall–Kier alpha value is -2.08. The first-order valence-electron chi connectivity index (χ1n) is 6.43. The molecule has 0 saturated carbocycles. The van der Waals surface area contributed by atoms with Crippen LogP contribution in [0.2, 0.25) is 0 Å². The van der Waals surface area contributed by atoms with E-state index in [1.165, 1.54) is 30.1 Å². The van der Waals surface area contributed by atoms with Crippen molar-refractivity contribution < 1.29 is 13.9 Å². The number of pyridine rings is 1. The smallest absolute Gasteiger partial charge is 0.252 e. The monoisotopic (exact) mass is 306 g/mol. The van der Waals surface area contributed by atoms with Crippen molar-refractivity contribution in [1.82, 2.24) is 5.32 Å². The van der Waals surface area contributed by atoms with Crippen LogP contribution < -0.4 is 10.0 Å². The highest BCUT2D eigenvalue weighted by Gasteiger charge is 2.18. The number of nitrogens with one attached hydrogen (secondary N) is 1. The number of carbonyl (C=O) groups excluding carboxylic acids is 1. The van der Waals surface area contributed by atoms with Crippen molar-refractivity contribution in [3.8, 4) is 0 Å². The average molecular weight is 306 g/mol. The fourth-order valence-electron chi connectivity index (χ4n) is 1.67.